The van der Waals surface area contributed by atoms with E-state index in [0.717, 1.165) is 30.7 Å². The summed E-state index contributed by atoms with van der Waals surface area (Å²) in [5.74, 6) is 2.75. The maximum Gasteiger partial charge on any atom is 0.120 e. The van der Waals surface area contributed by atoms with Crippen molar-refractivity contribution < 1.29 is 0 Å². The van der Waals surface area contributed by atoms with E-state index in [0.29, 0.717) is 0 Å². The summed E-state index contributed by atoms with van der Waals surface area (Å²) >= 11 is 0. The first-order valence-electron chi connectivity index (χ1n) is 7.15. The lowest BCUT2D eigenvalue weighted by Gasteiger charge is -2.34. The standard InChI is InChI=1S/C14H26N4/c1-12-8-13(2)11-18(10-12)7-3-4-15-9-14-16-5-6-17-14/h5-6,12-13,15H,3-4,7-11H2,1-2H3,(H,16,17). The highest BCUT2D eigenvalue weighted by Gasteiger charge is 2.20. The van der Waals surface area contributed by atoms with Gasteiger partial charge in [0.25, 0.3) is 0 Å². The first kappa shape index (κ1) is 13.6. The molecule has 2 N–H and O–H groups in total. The molecule has 2 atom stereocenters. The molecule has 1 fully saturated rings. The van der Waals surface area contributed by atoms with Crippen LogP contribution in [0.15, 0.2) is 12.4 Å². The lowest BCUT2D eigenvalue weighted by molar-refractivity contribution is 0.139. The van der Waals surface area contributed by atoms with E-state index in [1.54, 1.807) is 6.20 Å². The molecule has 1 aliphatic rings. The van der Waals surface area contributed by atoms with Crippen LogP contribution in [0.25, 0.3) is 0 Å². The van der Waals surface area contributed by atoms with Gasteiger partial charge in [0.2, 0.25) is 0 Å². The fourth-order valence-electron chi connectivity index (χ4n) is 3.00. The largest absolute Gasteiger partial charge is 0.348 e. The summed E-state index contributed by atoms with van der Waals surface area (Å²) in [6, 6.07) is 0. The van der Waals surface area contributed by atoms with Crippen molar-refractivity contribution in [3.05, 3.63) is 18.2 Å². The minimum atomic E-state index is 0.847. The van der Waals surface area contributed by atoms with E-state index in [2.05, 4.69) is 34.0 Å². The Morgan fingerprint density at radius 3 is 2.83 bits per heavy atom. The molecular weight excluding hydrogens is 224 g/mol. The van der Waals surface area contributed by atoms with Gasteiger partial charge >= 0.3 is 0 Å². The lowest BCUT2D eigenvalue weighted by atomic mass is 9.92. The highest BCUT2D eigenvalue weighted by atomic mass is 15.1. The number of imidazole rings is 1. The van der Waals surface area contributed by atoms with Gasteiger partial charge in [0, 0.05) is 25.5 Å². The number of piperidine rings is 1. The Labute approximate surface area is 110 Å². The number of rotatable bonds is 6. The Bertz CT molecular complexity index is 313. The number of nitrogens with zero attached hydrogens (tertiary/aromatic N) is 2. The fourth-order valence-corrected chi connectivity index (χ4v) is 3.00. The van der Waals surface area contributed by atoms with Crippen molar-refractivity contribution in [1.29, 1.82) is 0 Å². The number of nitrogens with one attached hydrogen (secondary N) is 2. The molecule has 18 heavy (non-hydrogen) atoms. The van der Waals surface area contributed by atoms with E-state index in [9.17, 15) is 0 Å². The molecule has 0 aliphatic carbocycles. The first-order valence-corrected chi connectivity index (χ1v) is 7.15. The third kappa shape index (κ3) is 4.42. The highest BCUT2D eigenvalue weighted by molar-refractivity contribution is 4.85. The highest BCUT2D eigenvalue weighted by Crippen LogP contribution is 2.20. The van der Waals surface area contributed by atoms with Gasteiger partial charge in [-0.25, -0.2) is 4.98 Å². The molecule has 2 rings (SSSR count). The van der Waals surface area contributed by atoms with Crippen LogP contribution in [0.3, 0.4) is 0 Å². The minimum Gasteiger partial charge on any atom is -0.348 e. The quantitative estimate of drug-likeness (QED) is 0.758. The van der Waals surface area contributed by atoms with Crippen molar-refractivity contribution in [2.45, 2.75) is 33.2 Å². The molecule has 102 valence electrons. The van der Waals surface area contributed by atoms with Crippen LogP contribution >= 0.6 is 0 Å². The SMILES string of the molecule is CC1CC(C)CN(CCCNCc2ncc[nH]2)C1. The maximum absolute atomic E-state index is 4.20. The maximum atomic E-state index is 4.20. The molecule has 0 saturated carbocycles. The van der Waals surface area contributed by atoms with E-state index in [1.807, 2.05) is 6.20 Å². The van der Waals surface area contributed by atoms with Crippen LogP contribution < -0.4 is 5.32 Å². The van der Waals surface area contributed by atoms with Gasteiger partial charge < -0.3 is 15.2 Å². The number of hydrogen-bond acceptors (Lipinski definition) is 3. The second-order valence-corrected chi connectivity index (χ2v) is 5.77. The van der Waals surface area contributed by atoms with E-state index >= 15 is 0 Å². The fraction of sp³-hybridized carbons (Fsp3) is 0.786. The van der Waals surface area contributed by atoms with Crippen LogP contribution in [0.5, 0.6) is 0 Å². The van der Waals surface area contributed by atoms with Gasteiger partial charge in [0.15, 0.2) is 0 Å². The minimum absolute atomic E-state index is 0.847. The van der Waals surface area contributed by atoms with Crippen molar-refractivity contribution >= 4 is 0 Å². The number of H-pyrrole nitrogens is 1. The van der Waals surface area contributed by atoms with E-state index in [-0.39, 0.29) is 0 Å². The molecular formula is C14H26N4. The van der Waals surface area contributed by atoms with Crippen molar-refractivity contribution in [3.8, 4) is 0 Å². The van der Waals surface area contributed by atoms with Crippen LogP contribution in [0.1, 0.15) is 32.5 Å². The zero-order chi connectivity index (χ0) is 12.8. The molecule has 1 aromatic heterocycles. The second-order valence-electron chi connectivity index (χ2n) is 5.77. The van der Waals surface area contributed by atoms with Gasteiger partial charge in [-0.05, 0) is 37.8 Å². The van der Waals surface area contributed by atoms with E-state index in [4.69, 9.17) is 0 Å². The summed E-state index contributed by atoms with van der Waals surface area (Å²) in [7, 11) is 0. The van der Waals surface area contributed by atoms with Gasteiger partial charge in [-0.1, -0.05) is 13.8 Å². The predicted molar refractivity (Wildman–Crippen MR) is 74.3 cm³/mol. The Kier molecular flexibility index (Phi) is 5.20. The summed E-state index contributed by atoms with van der Waals surface area (Å²) < 4.78 is 0. The summed E-state index contributed by atoms with van der Waals surface area (Å²) in [5.41, 5.74) is 0. The topological polar surface area (TPSA) is 44.0 Å². The van der Waals surface area contributed by atoms with E-state index in [1.165, 1.54) is 32.5 Å². The molecule has 0 amide bonds. The predicted octanol–water partition coefficient (Wildman–Crippen LogP) is 1.87. The molecule has 0 bridgehead atoms. The summed E-state index contributed by atoms with van der Waals surface area (Å²) in [5, 5.41) is 3.43. The Hall–Kier alpha value is -0.870. The third-order valence-electron chi connectivity index (χ3n) is 3.62. The molecule has 0 aromatic carbocycles. The molecule has 4 nitrogen and oxygen atoms in total. The molecule has 1 saturated heterocycles. The van der Waals surface area contributed by atoms with Crippen molar-refractivity contribution in [2.75, 3.05) is 26.2 Å². The number of aromatic nitrogens is 2. The zero-order valence-corrected chi connectivity index (χ0v) is 11.7. The molecule has 1 aromatic rings. The van der Waals surface area contributed by atoms with Crippen molar-refractivity contribution in [1.82, 2.24) is 20.2 Å². The van der Waals surface area contributed by atoms with Crippen LogP contribution in [0.2, 0.25) is 0 Å². The number of hydrogen-bond donors (Lipinski definition) is 2. The van der Waals surface area contributed by atoms with Crippen LogP contribution in [0, 0.1) is 11.8 Å². The second kappa shape index (κ2) is 6.90. The van der Waals surface area contributed by atoms with Crippen molar-refractivity contribution in [3.63, 3.8) is 0 Å². The molecule has 0 radical (unpaired) electrons. The molecule has 2 heterocycles. The smallest absolute Gasteiger partial charge is 0.120 e. The molecule has 0 spiro atoms. The Morgan fingerprint density at radius 2 is 2.17 bits per heavy atom. The Balaban J connectivity index is 1.55. The first-order chi connectivity index (χ1) is 8.74. The van der Waals surface area contributed by atoms with Gasteiger partial charge in [0.1, 0.15) is 5.82 Å². The summed E-state index contributed by atoms with van der Waals surface area (Å²) in [6.07, 6.45) is 6.29. The van der Waals surface area contributed by atoms with E-state index < -0.39 is 0 Å². The van der Waals surface area contributed by atoms with Crippen LogP contribution in [-0.2, 0) is 6.54 Å². The molecule has 4 heteroatoms. The zero-order valence-electron chi connectivity index (χ0n) is 11.7. The summed E-state index contributed by atoms with van der Waals surface area (Å²) in [6.45, 7) is 10.4. The lowest BCUT2D eigenvalue weighted by Crippen LogP contribution is -2.39. The van der Waals surface area contributed by atoms with Gasteiger partial charge in [0.05, 0.1) is 6.54 Å². The summed E-state index contributed by atoms with van der Waals surface area (Å²) in [4.78, 5) is 9.92. The third-order valence-corrected chi connectivity index (χ3v) is 3.62. The average molecular weight is 250 g/mol. The Morgan fingerprint density at radius 1 is 1.39 bits per heavy atom. The number of likely N-dealkylation sites (tertiary alicyclic amines) is 1. The average Bonchev–Trinajstić information content (AvgIpc) is 2.80. The monoisotopic (exact) mass is 250 g/mol. The molecule has 1 aliphatic heterocycles. The van der Waals surface area contributed by atoms with Gasteiger partial charge in [-0.15, -0.1) is 0 Å². The van der Waals surface area contributed by atoms with Crippen molar-refractivity contribution in [2.24, 2.45) is 11.8 Å². The normalized spacial score (nSPS) is 25.4. The van der Waals surface area contributed by atoms with Gasteiger partial charge in [-0.3, -0.25) is 0 Å². The number of aromatic amines is 1. The molecule has 2 unspecified atom stereocenters. The van der Waals surface area contributed by atoms with Crippen LogP contribution in [0.4, 0.5) is 0 Å². The van der Waals surface area contributed by atoms with Crippen LogP contribution in [-0.4, -0.2) is 41.0 Å². The van der Waals surface area contributed by atoms with Gasteiger partial charge in [-0.2, -0.15) is 0 Å².